The quantitative estimate of drug-likeness (QED) is 0.215. The van der Waals surface area contributed by atoms with Crippen molar-refractivity contribution in [3.05, 3.63) is 113 Å². The van der Waals surface area contributed by atoms with Crippen molar-refractivity contribution in [2.75, 3.05) is 34.4 Å². The van der Waals surface area contributed by atoms with Crippen LogP contribution in [0.1, 0.15) is 43.5 Å². The standard InChI is InChI=1S/C35H36ClN3O6S/c1-7-38(8-2)34(41)31-21(3)37-35-39(32(31)25-19-24(42-4)14-16-27(25)43-5)33(40)30(46-35)18-22-13-15-28(29(17-22)44-6)45-20-23-11-9-10-12-26(23)36/h9-19,32H,7-8,20H2,1-6H3/b30-18+/t32-/m0/s1. The maximum atomic E-state index is 14.2. The second-order valence-corrected chi connectivity index (χ2v) is 11.9. The van der Waals surface area contributed by atoms with E-state index in [2.05, 4.69) is 0 Å². The van der Waals surface area contributed by atoms with Crippen LogP contribution < -0.4 is 33.8 Å². The normalized spacial score (nSPS) is 14.4. The van der Waals surface area contributed by atoms with Crippen LogP contribution in [0.3, 0.4) is 0 Å². The Labute approximate surface area is 276 Å². The van der Waals surface area contributed by atoms with Gasteiger partial charge in [-0.2, -0.15) is 0 Å². The molecule has 0 fully saturated rings. The van der Waals surface area contributed by atoms with Crippen LogP contribution in [0.5, 0.6) is 23.0 Å². The number of benzene rings is 3. The van der Waals surface area contributed by atoms with Crippen LogP contribution in [0.4, 0.5) is 0 Å². The zero-order chi connectivity index (χ0) is 33.0. The highest BCUT2D eigenvalue weighted by Gasteiger charge is 2.36. The summed E-state index contributed by atoms with van der Waals surface area (Å²) >= 11 is 7.55. The molecule has 0 bridgehead atoms. The van der Waals surface area contributed by atoms with E-state index in [-0.39, 0.29) is 18.1 Å². The summed E-state index contributed by atoms with van der Waals surface area (Å²) in [7, 11) is 4.70. The minimum absolute atomic E-state index is 0.187. The lowest BCUT2D eigenvalue weighted by molar-refractivity contribution is -0.127. The first kappa shape index (κ1) is 32.8. The molecule has 46 heavy (non-hydrogen) atoms. The largest absolute Gasteiger partial charge is 0.497 e. The van der Waals surface area contributed by atoms with Gasteiger partial charge in [-0.3, -0.25) is 14.2 Å². The number of methoxy groups -OCH3 is 3. The molecule has 0 N–H and O–H groups in total. The Hall–Kier alpha value is -4.54. The molecule has 11 heteroatoms. The Bertz CT molecular complexity index is 1980. The Morgan fingerprint density at radius 3 is 2.37 bits per heavy atom. The molecule has 0 saturated heterocycles. The maximum absolute atomic E-state index is 14.2. The topological polar surface area (TPSA) is 91.6 Å². The maximum Gasteiger partial charge on any atom is 0.271 e. The van der Waals surface area contributed by atoms with Gasteiger partial charge in [-0.15, -0.1) is 0 Å². The number of fused-ring (bicyclic) bond motifs is 1. The van der Waals surface area contributed by atoms with E-state index in [0.29, 0.717) is 67.3 Å². The van der Waals surface area contributed by atoms with Gasteiger partial charge in [0.15, 0.2) is 16.3 Å². The fourth-order valence-corrected chi connectivity index (χ4v) is 6.68. The summed E-state index contributed by atoms with van der Waals surface area (Å²) in [4.78, 5) is 35.2. The number of hydrogen-bond acceptors (Lipinski definition) is 8. The van der Waals surface area contributed by atoms with Gasteiger partial charge in [0.05, 0.1) is 37.1 Å². The van der Waals surface area contributed by atoms with Crippen LogP contribution in [0.2, 0.25) is 5.02 Å². The highest BCUT2D eigenvalue weighted by atomic mass is 35.5. The van der Waals surface area contributed by atoms with Crippen molar-refractivity contribution in [2.45, 2.75) is 33.4 Å². The second-order valence-electron chi connectivity index (χ2n) is 10.5. The van der Waals surface area contributed by atoms with Crippen LogP contribution in [0.25, 0.3) is 6.08 Å². The van der Waals surface area contributed by atoms with E-state index in [1.165, 1.54) is 11.3 Å². The molecule has 5 rings (SSSR count). The number of rotatable bonds is 11. The Kier molecular flexibility index (Phi) is 10.2. The molecule has 4 aromatic rings. The highest BCUT2D eigenvalue weighted by Crippen LogP contribution is 2.38. The first-order chi connectivity index (χ1) is 22.2. The molecular formula is C35H36ClN3O6S. The third-order valence-electron chi connectivity index (χ3n) is 7.86. The van der Waals surface area contributed by atoms with Gasteiger partial charge in [-0.1, -0.05) is 47.2 Å². The molecule has 0 aliphatic carbocycles. The molecule has 1 atom stereocenters. The number of likely N-dealkylation sites (N-methyl/N-ethyl adjacent to an activating group) is 1. The molecule has 3 aromatic carbocycles. The van der Waals surface area contributed by atoms with Crippen molar-refractivity contribution in [2.24, 2.45) is 4.99 Å². The number of carbonyl (C=O) groups is 1. The fraction of sp³-hybridized carbons (Fsp3) is 0.286. The zero-order valence-electron chi connectivity index (χ0n) is 26.6. The number of thiazole rings is 1. The molecule has 1 aromatic heterocycles. The van der Waals surface area contributed by atoms with E-state index in [1.54, 1.807) is 68.1 Å². The summed E-state index contributed by atoms with van der Waals surface area (Å²) in [5.41, 5.74) is 2.89. The van der Waals surface area contributed by atoms with Gasteiger partial charge in [0.25, 0.3) is 11.5 Å². The fourth-order valence-electron chi connectivity index (χ4n) is 5.44. The lowest BCUT2D eigenvalue weighted by Crippen LogP contribution is -2.43. The van der Waals surface area contributed by atoms with E-state index in [4.69, 9.17) is 35.5 Å². The predicted octanol–water partition coefficient (Wildman–Crippen LogP) is 5.36. The minimum Gasteiger partial charge on any atom is -0.497 e. The van der Waals surface area contributed by atoms with Crippen LogP contribution in [0, 0.1) is 0 Å². The van der Waals surface area contributed by atoms with E-state index in [9.17, 15) is 9.59 Å². The molecule has 1 aliphatic rings. The van der Waals surface area contributed by atoms with Gasteiger partial charge in [-0.25, -0.2) is 4.99 Å². The molecule has 0 radical (unpaired) electrons. The Balaban J connectivity index is 1.62. The smallest absolute Gasteiger partial charge is 0.271 e. The Morgan fingerprint density at radius 1 is 0.978 bits per heavy atom. The third kappa shape index (κ3) is 6.41. The zero-order valence-corrected chi connectivity index (χ0v) is 28.2. The van der Waals surface area contributed by atoms with Gasteiger partial charge in [0.2, 0.25) is 0 Å². The number of aromatic nitrogens is 1. The van der Waals surface area contributed by atoms with Gasteiger partial charge < -0.3 is 23.8 Å². The lowest BCUT2D eigenvalue weighted by atomic mass is 9.93. The Morgan fingerprint density at radius 2 is 1.70 bits per heavy atom. The van der Waals surface area contributed by atoms with Gasteiger partial charge in [0.1, 0.15) is 24.1 Å². The van der Waals surface area contributed by atoms with Gasteiger partial charge in [-0.05, 0) is 68.8 Å². The van der Waals surface area contributed by atoms with Crippen molar-refractivity contribution >= 4 is 34.9 Å². The second kappa shape index (κ2) is 14.3. The minimum atomic E-state index is -0.785. The van der Waals surface area contributed by atoms with Crippen LogP contribution in [0.15, 0.2) is 81.7 Å². The molecule has 0 spiro atoms. The lowest BCUT2D eigenvalue weighted by Gasteiger charge is -2.30. The van der Waals surface area contributed by atoms with E-state index >= 15 is 0 Å². The monoisotopic (exact) mass is 661 g/mol. The molecular weight excluding hydrogens is 626 g/mol. The van der Waals surface area contributed by atoms with Gasteiger partial charge in [0, 0.05) is 29.2 Å². The number of hydrogen-bond donors (Lipinski definition) is 0. The summed E-state index contributed by atoms with van der Waals surface area (Å²) in [5, 5.41) is 0.621. The number of halogens is 1. The summed E-state index contributed by atoms with van der Waals surface area (Å²) in [6, 6.07) is 17.5. The van der Waals surface area contributed by atoms with Crippen LogP contribution >= 0.6 is 22.9 Å². The molecule has 0 unspecified atom stereocenters. The summed E-state index contributed by atoms with van der Waals surface area (Å²) < 4.78 is 24.9. The molecule has 1 aliphatic heterocycles. The predicted molar refractivity (Wildman–Crippen MR) is 180 cm³/mol. The average molecular weight is 662 g/mol. The number of carbonyl (C=O) groups excluding carboxylic acids is 1. The van der Waals surface area contributed by atoms with Crippen LogP contribution in [-0.2, 0) is 11.4 Å². The summed E-state index contributed by atoms with van der Waals surface area (Å²) in [5.74, 6) is 1.97. The van der Waals surface area contributed by atoms with E-state index in [0.717, 1.165) is 11.1 Å². The molecule has 1 amide bonds. The molecule has 2 heterocycles. The number of amides is 1. The van der Waals surface area contributed by atoms with Crippen molar-refractivity contribution < 1.29 is 23.7 Å². The highest BCUT2D eigenvalue weighted by molar-refractivity contribution is 7.07. The SMILES string of the molecule is CCN(CC)C(=O)C1=C(C)N=c2s/c(=C/c3ccc(OCc4ccccc4Cl)c(OC)c3)c(=O)n2[C@H]1c1cc(OC)ccc1OC. The van der Waals surface area contributed by atoms with Crippen molar-refractivity contribution in [3.63, 3.8) is 0 Å². The van der Waals surface area contributed by atoms with Crippen molar-refractivity contribution in [3.8, 4) is 23.0 Å². The number of allylic oxidation sites excluding steroid dienone is 1. The molecule has 9 nitrogen and oxygen atoms in total. The molecule has 240 valence electrons. The van der Waals surface area contributed by atoms with Gasteiger partial charge >= 0.3 is 0 Å². The first-order valence-corrected chi connectivity index (χ1v) is 16.0. The first-order valence-electron chi connectivity index (χ1n) is 14.8. The van der Waals surface area contributed by atoms with E-state index in [1.807, 2.05) is 50.2 Å². The van der Waals surface area contributed by atoms with Crippen molar-refractivity contribution in [1.29, 1.82) is 0 Å². The van der Waals surface area contributed by atoms with Crippen LogP contribution in [-0.4, -0.2) is 49.8 Å². The number of nitrogens with zero attached hydrogens (tertiary/aromatic N) is 3. The third-order valence-corrected chi connectivity index (χ3v) is 9.21. The summed E-state index contributed by atoms with van der Waals surface area (Å²) in [6.45, 7) is 6.95. The molecule has 0 saturated carbocycles. The van der Waals surface area contributed by atoms with Crippen molar-refractivity contribution in [1.82, 2.24) is 9.47 Å². The number of ether oxygens (including phenoxy) is 4. The average Bonchev–Trinajstić information content (AvgIpc) is 3.37. The summed E-state index contributed by atoms with van der Waals surface area (Å²) in [6.07, 6.45) is 1.79. The van der Waals surface area contributed by atoms with E-state index < -0.39 is 6.04 Å².